The van der Waals surface area contributed by atoms with E-state index in [4.69, 9.17) is 23.2 Å². The molecule has 0 spiro atoms. The quantitative estimate of drug-likeness (QED) is 0.621. The van der Waals surface area contributed by atoms with E-state index in [1.54, 1.807) is 18.2 Å². The first-order valence-electron chi connectivity index (χ1n) is 5.71. The van der Waals surface area contributed by atoms with Crippen molar-refractivity contribution in [1.82, 2.24) is 5.32 Å². The van der Waals surface area contributed by atoms with Gasteiger partial charge in [-0.15, -0.1) is 0 Å². The zero-order valence-corrected chi connectivity index (χ0v) is 11.7. The van der Waals surface area contributed by atoms with Gasteiger partial charge >= 0.3 is 0 Å². The number of carbonyl (C=O) groups excluding carboxylic acids is 1. The number of carbonyl (C=O) groups is 1. The van der Waals surface area contributed by atoms with Gasteiger partial charge in [0, 0.05) is 0 Å². The zero-order chi connectivity index (χ0) is 13.4. The third-order valence-electron chi connectivity index (χ3n) is 2.24. The average molecular weight is 287 g/mol. The van der Waals surface area contributed by atoms with Gasteiger partial charge in [-0.25, -0.2) is 0 Å². The second kappa shape index (κ2) is 8.14. The lowest BCUT2D eigenvalue weighted by molar-refractivity contribution is -0.115. The molecule has 1 aromatic carbocycles. The summed E-state index contributed by atoms with van der Waals surface area (Å²) in [5, 5.41) is 6.59. The molecule has 0 bridgehead atoms. The lowest BCUT2D eigenvalue weighted by Gasteiger charge is -2.09. The Labute approximate surface area is 117 Å². The van der Waals surface area contributed by atoms with Crippen LogP contribution in [0.15, 0.2) is 30.4 Å². The maximum Gasteiger partial charge on any atom is 0.238 e. The number of benzene rings is 1. The van der Waals surface area contributed by atoms with Crippen LogP contribution in [0.1, 0.15) is 13.3 Å². The standard InChI is InChI=1S/C13H16Cl2N2O/c1-2-3-4-8-16-9-12(18)17-13-10(14)6-5-7-11(13)15/h2-3,5-7,16H,4,8-9H2,1H3,(H,17,18)/b3-2+. The van der Waals surface area contributed by atoms with E-state index in [1.165, 1.54) is 0 Å². The normalized spacial score (nSPS) is 10.8. The fourth-order valence-electron chi connectivity index (χ4n) is 1.35. The summed E-state index contributed by atoms with van der Waals surface area (Å²) in [7, 11) is 0. The highest BCUT2D eigenvalue weighted by molar-refractivity contribution is 6.39. The molecule has 5 heteroatoms. The van der Waals surface area contributed by atoms with Crippen molar-refractivity contribution in [1.29, 1.82) is 0 Å². The Morgan fingerprint density at radius 1 is 1.33 bits per heavy atom. The molecule has 0 radical (unpaired) electrons. The predicted octanol–water partition coefficient (Wildman–Crippen LogP) is 3.49. The summed E-state index contributed by atoms with van der Waals surface area (Å²) in [5.41, 5.74) is 0.459. The highest BCUT2D eigenvalue weighted by Gasteiger charge is 2.08. The van der Waals surface area contributed by atoms with E-state index >= 15 is 0 Å². The van der Waals surface area contributed by atoms with Crippen molar-refractivity contribution in [3.63, 3.8) is 0 Å². The van der Waals surface area contributed by atoms with Gasteiger partial charge in [0.05, 0.1) is 22.3 Å². The monoisotopic (exact) mass is 286 g/mol. The van der Waals surface area contributed by atoms with E-state index in [0.29, 0.717) is 15.7 Å². The fraction of sp³-hybridized carbons (Fsp3) is 0.308. The molecule has 2 N–H and O–H groups in total. The number of hydrogen-bond donors (Lipinski definition) is 2. The highest BCUT2D eigenvalue weighted by atomic mass is 35.5. The van der Waals surface area contributed by atoms with Gasteiger partial charge in [0.2, 0.25) is 5.91 Å². The summed E-state index contributed by atoms with van der Waals surface area (Å²) < 4.78 is 0. The first-order valence-corrected chi connectivity index (χ1v) is 6.46. The van der Waals surface area contributed by atoms with Gasteiger partial charge in [-0.05, 0) is 32.0 Å². The Hall–Kier alpha value is -1.03. The lowest BCUT2D eigenvalue weighted by atomic mass is 10.3. The minimum atomic E-state index is -0.162. The predicted molar refractivity (Wildman–Crippen MR) is 77.4 cm³/mol. The van der Waals surface area contributed by atoms with Crippen LogP contribution in [0, 0.1) is 0 Å². The number of nitrogens with one attached hydrogen (secondary N) is 2. The molecule has 0 fully saturated rings. The van der Waals surface area contributed by atoms with Crippen LogP contribution in [0.2, 0.25) is 10.0 Å². The second-order valence-corrected chi connectivity index (χ2v) is 4.49. The van der Waals surface area contributed by atoms with Crippen LogP contribution in [0.25, 0.3) is 0 Å². The Bertz CT molecular complexity index is 413. The molecular weight excluding hydrogens is 271 g/mol. The van der Waals surface area contributed by atoms with Crippen molar-refractivity contribution in [3.8, 4) is 0 Å². The van der Waals surface area contributed by atoms with Crippen molar-refractivity contribution in [2.75, 3.05) is 18.4 Å². The Kier molecular flexibility index (Phi) is 6.80. The SMILES string of the molecule is C/C=C/CCNCC(=O)Nc1c(Cl)cccc1Cl. The van der Waals surface area contributed by atoms with Crippen LogP contribution in [0.4, 0.5) is 5.69 Å². The number of rotatable bonds is 6. The highest BCUT2D eigenvalue weighted by Crippen LogP contribution is 2.29. The van der Waals surface area contributed by atoms with Gasteiger partial charge in [0.25, 0.3) is 0 Å². The van der Waals surface area contributed by atoms with Crippen LogP contribution in [-0.4, -0.2) is 19.0 Å². The summed E-state index contributed by atoms with van der Waals surface area (Å²) in [5.74, 6) is -0.162. The molecule has 0 aliphatic rings. The third-order valence-corrected chi connectivity index (χ3v) is 2.87. The number of para-hydroxylation sites is 1. The van der Waals surface area contributed by atoms with Gasteiger partial charge in [0.15, 0.2) is 0 Å². The van der Waals surface area contributed by atoms with Crippen molar-refractivity contribution >= 4 is 34.8 Å². The van der Waals surface area contributed by atoms with Crippen molar-refractivity contribution in [2.24, 2.45) is 0 Å². The van der Waals surface area contributed by atoms with Crippen LogP contribution in [0.3, 0.4) is 0 Å². The zero-order valence-electron chi connectivity index (χ0n) is 10.2. The lowest BCUT2D eigenvalue weighted by Crippen LogP contribution is -2.28. The summed E-state index contributed by atoms with van der Waals surface area (Å²) >= 11 is 11.9. The summed E-state index contributed by atoms with van der Waals surface area (Å²) in [6.07, 6.45) is 4.91. The molecule has 0 saturated carbocycles. The molecule has 0 aromatic heterocycles. The minimum Gasteiger partial charge on any atom is -0.322 e. The Balaban J connectivity index is 2.40. The maximum absolute atomic E-state index is 11.6. The smallest absolute Gasteiger partial charge is 0.238 e. The molecule has 98 valence electrons. The largest absolute Gasteiger partial charge is 0.322 e. The average Bonchev–Trinajstić information content (AvgIpc) is 2.34. The molecule has 0 heterocycles. The van der Waals surface area contributed by atoms with Gasteiger partial charge in [-0.3, -0.25) is 4.79 Å². The summed E-state index contributed by atoms with van der Waals surface area (Å²) in [6.45, 7) is 2.96. The maximum atomic E-state index is 11.6. The molecule has 0 aliphatic heterocycles. The van der Waals surface area contributed by atoms with E-state index in [-0.39, 0.29) is 12.5 Å². The molecule has 0 unspecified atom stereocenters. The van der Waals surface area contributed by atoms with Gasteiger partial charge in [-0.2, -0.15) is 0 Å². The minimum absolute atomic E-state index is 0.162. The molecule has 0 atom stereocenters. The molecule has 1 amide bonds. The summed E-state index contributed by atoms with van der Waals surface area (Å²) in [4.78, 5) is 11.6. The molecule has 0 saturated heterocycles. The third kappa shape index (κ3) is 5.08. The van der Waals surface area contributed by atoms with Crippen LogP contribution in [0.5, 0.6) is 0 Å². The van der Waals surface area contributed by atoms with Crippen LogP contribution >= 0.6 is 23.2 Å². The van der Waals surface area contributed by atoms with Gasteiger partial charge < -0.3 is 10.6 Å². The number of halogens is 2. The number of allylic oxidation sites excluding steroid dienone is 1. The molecule has 3 nitrogen and oxygen atoms in total. The van der Waals surface area contributed by atoms with Crippen molar-refractivity contribution in [3.05, 3.63) is 40.4 Å². The molecule has 1 rings (SSSR count). The van der Waals surface area contributed by atoms with Gasteiger partial charge in [0.1, 0.15) is 0 Å². The molecule has 0 aliphatic carbocycles. The molecule has 18 heavy (non-hydrogen) atoms. The van der Waals surface area contributed by atoms with Crippen molar-refractivity contribution in [2.45, 2.75) is 13.3 Å². The Morgan fingerprint density at radius 3 is 2.61 bits per heavy atom. The molecular formula is C13H16Cl2N2O. The number of amides is 1. The van der Waals surface area contributed by atoms with E-state index in [2.05, 4.69) is 10.6 Å². The van der Waals surface area contributed by atoms with Crippen LogP contribution < -0.4 is 10.6 Å². The second-order valence-electron chi connectivity index (χ2n) is 3.68. The van der Waals surface area contributed by atoms with Gasteiger partial charge in [-0.1, -0.05) is 41.4 Å². The first kappa shape index (κ1) is 15.0. The number of anilines is 1. The van der Waals surface area contributed by atoms with E-state index in [9.17, 15) is 4.79 Å². The van der Waals surface area contributed by atoms with E-state index in [1.807, 2.05) is 19.1 Å². The fourth-order valence-corrected chi connectivity index (χ4v) is 1.85. The van der Waals surface area contributed by atoms with Crippen LogP contribution in [-0.2, 0) is 4.79 Å². The molecule has 1 aromatic rings. The van der Waals surface area contributed by atoms with E-state index in [0.717, 1.165) is 13.0 Å². The van der Waals surface area contributed by atoms with Crippen molar-refractivity contribution < 1.29 is 4.79 Å². The first-order chi connectivity index (χ1) is 8.65. The number of hydrogen-bond acceptors (Lipinski definition) is 2. The summed E-state index contributed by atoms with van der Waals surface area (Å²) in [6, 6.07) is 5.10. The van der Waals surface area contributed by atoms with E-state index < -0.39 is 0 Å². The topological polar surface area (TPSA) is 41.1 Å². The Morgan fingerprint density at radius 2 is 2.00 bits per heavy atom.